The Morgan fingerprint density at radius 2 is 2.14 bits per heavy atom. The third kappa shape index (κ3) is 5.58. The van der Waals surface area contributed by atoms with E-state index < -0.39 is 6.09 Å². The summed E-state index contributed by atoms with van der Waals surface area (Å²) in [5.74, 6) is 0. The third-order valence-electron chi connectivity index (χ3n) is 2.44. The highest BCUT2D eigenvalue weighted by atomic mass is 32.1. The van der Waals surface area contributed by atoms with Gasteiger partial charge in [0, 0.05) is 12.7 Å². The van der Waals surface area contributed by atoms with E-state index in [2.05, 4.69) is 26.4 Å². The number of rotatable bonds is 3. The number of hydrazine groups is 1. The maximum absolute atomic E-state index is 10.9. The van der Waals surface area contributed by atoms with E-state index in [-0.39, 0.29) is 16.8 Å². The molecule has 0 bridgehead atoms. The van der Waals surface area contributed by atoms with Gasteiger partial charge in [-0.05, 0) is 50.4 Å². The number of carbonyl (C=O) groups is 1. The van der Waals surface area contributed by atoms with Gasteiger partial charge in [-0.2, -0.15) is 5.10 Å². The van der Waals surface area contributed by atoms with Crippen molar-refractivity contribution in [2.24, 2.45) is 5.10 Å². The van der Waals surface area contributed by atoms with Gasteiger partial charge in [0.2, 0.25) is 5.11 Å². The van der Waals surface area contributed by atoms with Crippen LogP contribution in [0, 0.1) is 0 Å². The predicted molar refractivity (Wildman–Crippen MR) is 91.5 cm³/mol. The number of hydrogen-bond acceptors (Lipinski definition) is 5. The highest BCUT2D eigenvalue weighted by Crippen LogP contribution is 1.95. The van der Waals surface area contributed by atoms with Crippen LogP contribution in [0.2, 0.25) is 0 Å². The van der Waals surface area contributed by atoms with Crippen LogP contribution in [-0.2, 0) is 0 Å². The minimum absolute atomic E-state index is 0.00965. The Kier molecular flexibility index (Phi) is 7.13. The van der Waals surface area contributed by atoms with Crippen LogP contribution in [0.1, 0.15) is 19.5 Å². The summed E-state index contributed by atoms with van der Waals surface area (Å²) in [6.07, 6.45) is 0.514. The molecule has 1 amide bonds. The molecule has 22 heavy (non-hydrogen) atoms. The summed E-state index contributed by atoms with van der Waals surface area (Å²) >= 11 is 9.91. The molecule has 1 heterocycles. The standard InChI is InChI=1S/C12H16N6O2S2/c1-3-18(12(19)20)11(22)17-16-10(21)15-14-8(2)9-6-4-5-7-13-9/h4-7H,3H2,1-2H3,(H,17,22)(H,19,20)(H2,15,16,21). The zero-order valence-electron chi connectivity index (χ0n) is 12.0. The average Bonchev–Trinajstić information content (AvgIpc) is 2.51. The van der Waals surface area contributed by atoms with E-state index in [0.29, 0.717) is 11.4 Å². The molecule has 0 aliphatic carbocycles. The molecule has 0 unspecified atom stereocenters. The van der Waals surface area contributed by atoms with Crippen molar-refractivity contribution in [1.82, 2.24) is 26.2 Å². The minimum atomic E-state index is -1.15. The second-order valence-electron chi connectivity index (χ2n) is 3.94. The van der Waals surface area contributed by atoms with E-state index >= 15 is 0 Å². The molecule has 0 atom stereocenters. The van der Waals surface area contributed by atoms with Gasteiger partial charge in [0.1, 0.15) is 0 Å². The Balaban J connectivity index is 2.47. The number of carboxylic acid groups (broad SMARTS) is 1. The largest absolute Gasteiger partial charge is 0.465 e. The van der Waals surface area contributed by atoms with Gasteiger partial charge in [0.25, 0.3) is 0 Å². The Morgan fingerprint density at radius 3 is 2.68 bits per heavy atom. The summed E-state index contributed by atoms with van der Waals surface area (Å²) in [7, 11) is 0. The van der Waals surface area contributed by atoms with Crippen molar-refractivity contribution in [3.8, 4) is 0 Å². The van der Waals surface area contributed by atoms with Crippen molar-refractivity contribution in [1.29, 1.82) is 0 Å². The lowest BCUT2D eigenvalue weighted by molar-refractivity contribution is 0.170. The topological polar surface area (TPSA) is 102 Å². The first-order valence-corrected chi connectivity index (χ1v) is 7.09. The Morgan fingerprint density at radius 1 is 1.41 bits per heavy atom. The van der Waals surface area contributed by atoms with Crippen LogP contribution in [0.4, 0.5) is 4.79 Å². The Labute approximate surface area is 138 Å². The molecule has 1 aromatic rings. The fraction of sp³-hybridized carbons (Fsp3) is 0.250. The fourth-order valence-corrected chi connectivity index (χ4v) is 1.69. The molecule has 0 radical (unpaired) electrons. The first kappa shape index (κ1) is 17.7. The van der Waals surface area contributed by atoms with Gasteiger partial charge >= 0.3 is 6.09 Å². The average molecular weight is 340 g/mol. The monoisotopic (exact) mass is 340 g/mol. The molecule has 4 N–H and O–H groups in total. The number of hydrazone groups is 1. The molecule has 0 saturated heterocycles. The third-order valence-corrected chi connectivity index (χ3v) is 2.95. The lowest BCUT2D eigenvalue weighted by atomic mass is 10.3. The van der Waals surface area contributed by atoms with Crippen molar-refractivity contribution in [2.45, 2.75) is 13.8 Å². The molecule has 8 nitrogen and oxygen atoms in total. The number of pyridine rings is 1. The number of amides is 1. The highest BCUT2D eigenvalue weighted by Gasteiger charge is 2.14. The van der Waals surface area contributed by atoms with Gasteiger partial charge in [0.15, 0.2) is 5.11 Å². The van der Waals surface area contributed by atoms with E-state index in [1.165, 1.54) is 0 Å². The van der Waals surface area contributed by atoms with Crippen LogP contribution in [0.5, 0.6) is 0 Å². The SMILES string of the molecule is CCN(C(=O)O)C(=S)NNC(=S)NN=C(C)c1ccccn1. The number of nitrogens with zero attached hydrogens (tertiary/aromatic N) is 3. The molecular weight excluding hydrogens is 324 g/mol. The molecular formula is C12H16N6O2S2. The Bertz CT molecular complexity index is 578. The van der Waals surface area contributed by atoms with Crippen LogP contribution >= 0.6 is 24.4 Å². The molecule has 0 saturated carbocycles. The van der Waals surface area contributed by atoms with Gasteiger partial charge in [-0.15, -0.1) is 0 Å². The highest BCUT2D eigenvalue weighted by molar-refractivity contribution is 7.80. The summed E-state index contributed by atoms with van der Waals surface area (Å²) in [6.45, 7) is 3.67. The van der Waals surface area contributed by atoms with Gasteiger partial charge < -0.3 is 5.11 Å². The van der Waals surface area contributed by atoms with Crippen LogP contribution in [-0.4, -0.2) is 43.6 Å². The lowest BCUT2D eigenvalue weighted by Crippen LogP contribution is -2.52. The van der Waals surface area contributed by atoms with Gasteiger partial charge in [-0.3, -0.25) is 26.2 Å². The molecule has 1 aromatic heterocycles. The summed E-state index contributed by atoms with van der Waals surface area (Å²) in [5, 5.41) is 13.1. The van der Waals surface area contributed by atoms with E-state index in [1.807, 2.05) is 18.2 Å². The van der Waals surface area contributed by atoms with Crippen molar-refractivity contribution >= 4 is 46.5 Å². The molecule has 0 aromatic carbocycles. The molecule has 0 aliphatic heterocycles. The van der Waals surface area contributed by atoms with E-state index in [9.17, 15) is 4.79 Å². The summed E-state index contributed by atoms with van der Waals surface area (Å²) < 4.78 is 0. The normalized spacial score (nSPS) is 10.5. The van der Waals surface area contributed by atoms with E-state index in [0.717, 1.165) is 4.90 Å². The number of hydrogen-bond donors (Lipinski definition) is 4. The predicted octanol–water partition coefficient (Wildman–Crippen LogP) is 1.06. The number of thiocarbonyl (C=S) groups is 2. The first-order valence-electron chi connectivity index (χ1n) is 6.27. The van der Waals surface area contributed by atoms with Crippen molar-refractivity contribution < 1.29 is 9.90 Å². The molecule has 118 valence electrons. The molecule has 10 heteroatoms. The van der Waals surface area contributed by atoms with E-state index in [1.54, 1.807) is 20.0 Å². The van der Waals surface area contributed by atoms with E-state index in [4.69, 9.17) is 29.5 Å². The molecule has 1 rings (SSSR count). The zero-order chi connectivity index (χ0) is 16.5. The quantitative estimate of drug-likeness (QED) is 0.368. The lowest BCUT2D eigenvalue weighted by Gasteiger charge is -2.19. The maximum atomic E-state index is 10.9. The van der Waals surface area contributed by atoms with Crippen molar-refractivity contribution in [3.05, 3.63) is 30.1 Å². The van der Waals surface area contributed by atoms with Crippen LogP contribution < -0.4 is 16.3 Å². The van der Waals surface area contributed by atoms with Gasteiger partial charge in [-0.25, -0.2) is 4.79 Å². The van der Waals surface area contributed by atoms with Crippen molar-refractivity contribution in [2.75, 3.05) is 6.54 Å². The van der Waals surface area contributed by atoms with Crippen LogP contribution in [0.25, 0.3) is 0 Å². The second-order valence-corrected chi connectivity index (χ2v) is 4.73. The van der Waals surface area contributed by atoms with Gasteiger partial charge in [-0.1, -0.05) is 6.07 Å². The summed E-state index contributed by atoms with van der Waals surface area (Å²) in [5.41, 5.74) is 9.03. The zero-order valence-corrected chi connectivity index (χ0v) is 13.7. The Hall–Kier alpha value is -2.33. The summed E-state index contributed by atoms with van der Waals surface area (Å²) in [4.78, 5) is 16.0. The minimum Gasteiger partial charge on any atom is -0.465 e. The fourth-order valence-electron chi connectivity index (χ4n) is 1.34. The first-order chi connectivity index (χ1) is 10.5. The van der Waals surface area contributed by atoms with Crippen LogP contribution in [0.3, 0.4) is 0 Å². The van der Waals surface area contributed by atoms with Crippen LogP contribution in [0.15, 0.2) is 29.5 Å². The molecule has 0 aliphatic rings. The van der Waals surface area contributed by atoms with Gasteiger partial charge in [0.05, 0.1) is 11.4 Å². The smallest absolute Gasteiger partial charge is 0.413 e. The van der Waals surface area contributed by atoms with Crippen molar-refractivity contribution in [3.63, 3.8) is 0 Å². The second kappa shape index (κ2) is 8.85. The number of nitrogens with one attached hydrogen (secondary N) is 3. The maximum Gasteiger partial charge on any atom is 0.413 e. The molecule has 0 spiro atoms. The number of aromatic nitrogens is 1. The molecule has 0 fully saturated rings. The summed E-state index contributed by atoms with van der Waals surface area (Å²) in [6, 6.07) is 5.47.